The van der Waals surface area contributed by atoms with E-state index in [1.807, 2.05) is 6.07 Å². The number of aromatic hydroxyl groups is 1. The van der Waals surface area contributed by atoms with Crippen molar-refractivity contribution in [3.8, 4) is 17.6 Å². The Morgan fingerprint density at radius 3 is 2.29 bits per heavy atom. The zero-order valence-electron chi connectivity index (χ0n) is 13.8. The Morgan fingerprint density at radius 2 is 1.79 bits per heavy atom. The van der Waals surface area contributed by atoms with Gasteiger partial charge in [-0.3, -0.25) is 4.79 Å². The zero-order valence-corrected chi connectivity index (χ0v) is 13.8. The summed E-state index contributed by atoms with van der Waals surface area (Å²) in [6.07, 6.45) is 1.50. The number of rotatable bonds is 4. The molecule has 122 valence electrons. The van der Waals surface area contributed by atoms with Crippen molar-refractivity contribution in [2.75, 3.05) is 12.4 Å². The molecule has 5 nitrogen and oxygen atoms in total. The smallest absolute Gasteiger partial charge is 0.266 e. The number of amides is 1. The Morgan fingerprint density at radius 1 is 1.21 bits per heavy atom. The number of anilines is 1. The van der Waals surface area contributed by atoms with Crippen molar-refractivity contribution in [2.24, 2.45) is 0 Å². The number of carbonyl (C=O) groups excluding carboxylic acids is 1. The molecule has 0 saturated carbocycles. The molecule has 2 N–H and O–H groups in total. The molecule has 0 unspecified atom stereocenters. The summed E-state index contributed by atoms with van der Waals surface area (Å²) in [5, 5.41) is 21.7. The van der Waals surface area contributed by atoms with Crippen molar-refractivity contribution < 1.29 is 14.6 Å². The molecule has 2 rings (SSSR count). The second kappa shape index (κ2) is 7.34. The van der Waals surface area contributed by atoms with Crippen LogP contribution in [0.3, 0.4) is 0 Å². The van der Waals surface area contributed by atoms with Crippen molar-refractivity contribution in [1.29, 1.82) is 5.26 Å². The first-order valence-electron chi connectivity index (χ1n) is 7.32. The summed E-state index contributed by atoms with van der Waals surface area (Å²) in [4.78, 5) is 12.3. The maximum Gasteiger partial charge on any atom is 0.266 e. The minimum atomic E-state index is -0.494. The maximum atomic E-state index is 12.3. The van der Waals surface area contributed by atoms with Crippen LogP contribution in [0.25, 0.3) is 6.08 Å². The van der Waals surface area contributed by atoms with Gasteiger partial charge in [-0.2, -0.15) is 5.26 Å². The van der Waals surface area contributed by atoms with Gasteiger partial charge in [0.25, 0.3) is 5.91 Å². The maximum absolute atomic E-state index is 12.3. The molecule has 1 amide bonds. The van der Waals surface area contributed by atoms with E-state index in [2.05, 4.69) is 5.32 Å². The van der Waals surface area contributed by atoms with E-state index in [-0.39, 0.29) is 11.3 Å². The fraction of sp³-hybridized carbons (Fsp3) is 0.158. The first-order chi connectivity index (χ1) is 11.4. The van der Waals surface area contributed by atoms with E-state index >= 15 is 0 Å². The average Bonchev–Trinajstić information content (AvgIpc) is 2.58. The number of benzene rings is 2. The van der Waals surface area contributed by atoms with Gasteiger partial charge in [0.1, 0.15) is 23.1 Å². The van der Waals surface area contributed by atoms with Crippen molar-refractivity contribution in [3.63, 3.8) is 0 Å². The van der Waals surface area contributed by atoms with Crippen LogP contribution in [0.4, 0.5) is 5.69 Å². The van der Waals surface area contributed by atoms with Crippen LogP contribution in [-0.2, 0) is 4.79 Å². The third-order valence-electron chi connectivity index (χ3n) is 3.54. The van der Waals surface area contributed by atoms with Gasteiger partial charge in [-0.25, -0.2) is 0 Å². The SMILES string of the molecule is COc1ccc(NC(=O)/C(C#N)=C/c2cc(C)c(O)c(C)c2)cc1. The van der Waals surface area contributed by atoms with Crippen LogP contribution in [-0.4, -0.2) is 18.1 Å². The number of phenolic OH excluding ortho intramolecular Hbond substituents is 1. The molecular formula is C19H18N2O3. The van der Waals surface area contributed by atoms with Gasteiger partial charge in [-0.15, -0.1) is 0 Å². The molecule has 0 aliphatic heterocycles. The lowest BCUT2D eigenvalue weighted by Crippen LogP contribution is -2.13. The van der Waals surface area contributed by atoms with Crippen LogP contribution in [0, 0.1) is 25.2 Å². The molecule has 24 heavy (non-hydrogen) atoms. The third-order valence-corrected chi connectivity index (χ3v) is 3.54. The van der Waals surface area contributed by atoms with Gasteiger partial charge in [0.2, 0.25) is 0 Å². The first-order valence-corrected chi connectivity index (χ1v) is 7.32. The summed E-state index contributed by atoms with van der Waals surface area (Å²) in [5.41, 5.74) is 2.61. The van der Waals surface area contributed by atoms with E-state index in [0.29, 0.717) is 28.1 Å². The van der Waals surface area contributed by atoms with Crippen LogP contribution in [0.5, 0.6) is 11.5 Å². The third kappa shape index (κ3) is 3.93. The predicted octanol–water partition coefficient (Wildman–Crippen LogP) is 3.56. The molecule has 0 atom stereocenters. The molecule has 0 heterocycles. The standard InChI is InChI=1S/C19H18N2O3/c1-12-8-14(9-13(2)18(12)22)10-15(11-20)19(23)21-16-4-6-17(24-3)7-5-16/h4-10,22H,1-3H3,(H,21,23)/b15-10+. The van der Waals surface area contributed by atoms with E-state index in [9.17, 15) is 15.2 Å². The monoisotopic (exact) mass is 322 g/mol. The molecule has 0 saturated heterocycles. The number of hydrogen-bond acceptors (Lipinski definition) is 4. The first kappa shape index (κ1) is 17.1. The predicted molar refractivity (Wildman–Crippen MR) is 92.8 cm³/mol. The van der Waals surface area contributed by atoms with Gasteiger partial charge < -0.3 is 15.2 Å². The highest BCUT2D eigenvalue weighted by atomic mass is 16.5. The second-order valence-electron chi connectivity index (χ2n) is 5.36. The molecule has 2 aromatic carbocycles. The minimum absolute atomic E-state index is 0.0182. The molecule has 0 bridgehead atoms. The molecule has 0 aromatic heterocycles. The van der Waals surface area contributed by atoms with E-state index < -0.39 is 5.91 Å². The largest absolute Gasteiger partial charge is 0.507 e. The van der Waals surface area contributed by atoms with Gasteiger partial charge in [0.15, 0.2) is 0 Å². The molecular weight excluding hydrogens is 304 g/mol. The van der Waals surface area contributed by atoms with Crippen molar-refractivity contribution in [3.05, 3.63) is 58.7 Å². The zero-order chi connectivity index (χ0) is 17.7. The Hall–Kier alpha value is -3.26. The van der Waals surface area contributed by atoms with Gasteiger partial charge in [0, 0.05) is 5.69 Å². The normalized spacial score (nSPS) is 10.8. The fourth-order valence-electron chi connectivity index (χ4n) is 2.26. The number of hydrogen-bond donors (Lipinski definition) is 2. The van der Waals surface area contributed by atoms with Crippen LogP contribution in [0.2, 0.25) is 0 Å². The molecule has 0 spiro atoms. The Bertz CT molecular complexity index is 808. The molecule has 5 heteroatoms. The van der Waals surface area contributed by atoms with Crippen LogP contribution in [0.1, 0.15) is 16.7 Å². The summed E-state index contributed by atoms with van der Waals surface area (Å²) in [7, 11) is 1.56. The summed E-state index contributed by atoms with van der Waals surface area (Å²) >= 11 is 0. The summed E-state index contributed by atoms with van der Waals surface area (Å²) in [5.74, 6) is 0.401. The number of nitriles is 1. The molecule has 0 fully saturated rings. The second-order valence-corrected chi connectivity index (χ2v) is 5.36. The highest BCUT2D eigenvalue weighted by Gasteiger charge is 2.11. The number of methoxy groups -OCH3 is 1. The van der Waals surface area contributed by atoms with Gasteiger partial charge >= 0.3 is 0 Å². The van der Waals surface area contributed by atoms with Gasteiger partial charge in [-0.05, 0) is 73.0 Å². The van der Waals surface area contributed by atoms with E-state index in [4.69, 9.17) is 4.74 Å². The number of ether oxygens (including phenoxy) is 1. The summed E-state index contributed by atoms with van der Waals surface area (Å²) < 4.78 is 5.06. The molecule has 0 aliphatic carbocycles. The van der Waals surface area contributed by atoms with Crippen molar-refractivity contribution >= 4 is 17.7 Å². The Balaban J connectivity index is 2.23. The van der Waals surface area contributed by atoms with E-state index in [0.717, 1.165) is 0 Å². The highest BCUT2D eigenvalue weighted by molar-refractivity contribution is 6.09. The van der Waals surface area contributed by atoms with Crippen LogP contribution < -0.4 is 10.1 Å². The lowest BCUT2D eigenvalue weighted by Gasteiger charge is -2.07. The topological polar surface area (TPSA) is 82.3 Å². The highest BCUT2D eigenvalue weighted by Crippen LogP contribution is 2.24. The lowest BCUT2D eigenvalue weighted by molar-refractivity contribution is -0.112. The van der Waals surface area contributed by atoms with E-state index in [1.165, 1.54) is 6.08 Å². The molecule has 0 radical (unpaired) electrons. The number of aryl methyl sites for hydroxylation is 2. The number of nitrogens with one attached hydrogen (secondary N) is 1. The Labute approximate surface area is 140 Å². The van der Waals surface area contributed by atoms with Crippen molar-refractivity contribution in [2.45, 2.75) is 13.8 Å². The van der Waals surface area contributed by atoms with Crippen LogP contribution in [0.15, 0.2) is 42.0 Å². The minimum Gasteiger partial charge on any atom is -0.507 e. The number of nitrogens with zero attached hydrogens (tertiary/aromatic N) is 1. The molecule has 0 aliphatic rings. The number of carbonyl (C=O) groups is 1. The Kier molecular flexibility index (Phi) is 5.23. The van der Waals surface area contributed by atoms with Gasteiger partial charge in [0.05, 0.1) is 7.11 Å². The lowest BCUT2D eigenvalue weighted by atomic mass is 10.0. The molecule has 2 aromatic rings. The summed E-state index contributed by atoms with van der Waals surface area (Å²) in [6.45, 7) is 3.53. The van der Waals surface area contributed by atoms with Crippen molar-refractivity contribution in [1.82, 2.24) is 0 Å². The quantitative estimate of drug-likeness (QED) is 0.666. The average molecular weight is 322 g/mol. The fourth-order valence-corrected chi connectivity index (χ4v) is 2.26. The summed E-state index contributed by atoms with van der Waals surface area (Å²) in [6, 6.07) is 12.2. The van der Waals surface area contributed by atoms with Crippen LogP contribution >= 0.6 is 0 Å². The number of phenols is 1. The van der Waals surface area contributed by atoms with E-state index in [1.54, 1.807) is 57.4 Å². The van der Waals surface area contributed by atoms with Gasteiger partial charge in [-0.1, -0.05) is 0 Å².